The quantitative estimate of drug-likeness (QED) is 0.710. The summed E-state index contributed by atoms with van der Waals surface area (Å²) in [6.07, 6.45) is 4.26. The molecule has 0 N–H and O–H groups in total. The summed E-state index contributed by atoms with van der Waals surface area (Å²) in [4.78, 5) is 45.2. The van der Waals surface area contributed by atoms with E-state index in [9.17, 15) is 14.4 Å². The molecule has 162 valence electrons. The fourth-order valence-electron chi connectivity index (χ4n) is 5.51. The van der Waals surface area contributed by atoms with Gasteiger partial charge in [0.2, 0.25) is 5.91 Å². The number of carbonyl (C=O) groups excluding carboxylic acids is 3. The van der Waals surface area contributed by atoms with Crippen molar-refractivity contribution in [3.63, 3.8) is 0 Å². The second-order valence-electron chi connectivity index (χ2n) is 9.41. The van der Waals surface area contributed by atoms with Crippen molar-refractivity contribution in [2.24, 2.45) is 5.41 Å². The van der Waals surface area contributed by atoms with Gasteiger partial charge < -0.3 is 4.90 Å². The standard InChI is InChI=1S/C26H30N2O3/c1-17-12-18(2)24(19(3)13-17)25-21(29)15-26(16-22(25)30)7-10-28(11-8-26)23(31)14-20-6-4-5-9-27-20/h4-6,9,12-13,25H,7-8,10-11,14-16H2,1-3H3. The van der Waals surface area contributed by atoms with Gasteiger partial charge in [0, 0.05) is 37.8 Å². The predicted molar refractivity (Wildman–Crippen MR) is 119 cm³/mol. The number of piperidine rings is 1. The molecule has 2 fully saturated rings. The van der Waals surface area contributed by atoms with Crippen molar-refractivity contribution in [2.45, 2.75) is 58.8 Å². The van der Waals surface area contributed by atoms with Gasteiger partial charge in [-0.25, -0.2) is 0 Å². The Hall–Kier alpha value is -2.82. The number of Topliss-reactive ketones (excluding diaryl/α,β-unsaturated/α-hetero) is 2. The van der Waals surface area contributed by atoms with Crippen LogP contribution in [0.3, 0.4) is 0 Å². The molecule has 2 heterocycles. The predicted octanol–water partition coefficient (Wildman–Crippen LogP) is 3.87. The van der Waals surface area contributed by atoms with Crippen LogP contribution in [-0.2, 0) is 20.8 Å². The monoisotopic (exact) mass is 418 g/mol. The molecular weight excluding hydrogens is 388 g/mol. The fraction of sp³-hybridized carbons (Fsp3) is 0.462. The Morgan fingerprint density at radius 1 is 1.03 bits per heavy atom. The summed E-state index contributed by atoms with van der Waals surface area (Å²) < 4.78 is 0. The molecule has 1 aliphatic heterocycles. The lowest BCUT2D eigenvalue weighted by atomic mass is 9.62. The zero-order chi connectivity index (χ0) is 22.2. The van der Waals surface area contributed by atoms with Gasteiger partial charge in [-0.2, -0.15) is 0 Å². The highest BCUT2D eigenvalue weighted by atomic mass is 16.2. The van der Waals surface area contributed by atoms with Crippen molar-refractivity contribution < 1.29 is 14.4 Å². The summed E-state index contributed by atoms with van der Waals surface area (Å²) in [5.74, 6) is -0.486. The zero-order valence-corrected chi connectivity index (χ0v) is 18.6. The Morgan fingerprint density at radius 2 is 1.65 bits per heavy atom. The van der Waals surface area contributed by atoms with E-state index in [1.165, 1.54) is 0 Å². The molecular formula is C26H30N2O3. The summed E-state index contributed by atoms with van der Waals surface area (Å²) in [7, 11) is 0. The number of carbonyl (C=O) groups is 3. The van der Waals surface area contributed by atoms with Gasteiger partial charge in [-0.15, -0.1) is 0 Å². The summed E-state index contributed by atoms with van der Waals surface area (Å²) in [6, 6.07) is 9.69. The minimum absolute atomic E-state index is 0.0413. The molecule has 1 aromatic carbocycles. The molecule has 0 atom stereocenters. The van der Waals surface area contributed by atoms with E-state index >= 15 is 0 Å². The maximum Gasteiger partial charge on any atom is 0.228 e. The first-order valence-electron chi connectivity index (χ1n) is 11.1. The largest absolute Gasteiger partial charge is 0.342 e. The van der Waals surface area contributed by atoms with Gasteiger partial charge >= 0.3 is 0 Å². The number of nitrogens with zero attached hydrogens (tertiary/aromatic N) is 2. The second-order valence-corrected chi connectivity index (χ2v) is 9.41. The third kappa shape index (κ3) is 4.32. The van der Waals surface area contributed by atoms with Crippen LogP contribution in [0.1, 0.15) is 59.5 Å². The van der Waals surface area contributed by atoms with Crippen molar-refractivity contribution in [1.82, 2.24) is 9.88 Å². The minimum Gasteiger partial charge on any atom is -0.342 e. The number of hydrogen-bond acceptors (Lipinski definition) is 4. The van der Waals surface area contributed by atoms with Crippen molar-refractivity contribution in [3.8, 4) is 0 Å². The van der Waals surface area contributed by atoms with E-state index in [1.807, 2.05) is 43.9 Å². The summed E-state index contributed by atoms with van der Waals surface area (Å²) >= 11 is 0. The highest BCUT2D eigenvalue weighted by Gasteiger charge is 2.47. The van der Waals surface area contributed by atoms with Crippen LogP contribution in [-0.4, -0.2) is 40.4 Å². The van der Waals surface area contributed by atoms with Gasteiger partial charge in [-0.1, -0.05) is 23.8 Å². The van der Waals surface area contributed by atoms with E-state index in [-0.39, 0.29) is 22.9 Å². The first-order chi connectivity index (χ1) is 14.8. The Morgan fingerprint density at radius 3 is 2.19 bits per heavy atom. The van der Waals surface area contributed by atoms with Crippen LogP contribution in [0.4, 0.5) is 0 Å². The van der Waals surface area contributed by atoms with Crippen LogP contribution in [0.15, 0.2) is 36.5 Å². The Labute approximate surface area is 183 Å². The molecule has 1 saturated carbocycles. The van der Waals surface area contributed by atoms with Crippen molar-refractivity contribution >= 4 is 17.5 Å². The molecule has 1 spiro atoms. The van der Waals surface area contributed by atoms with E-state index in [0.29, 0.717) is 45.2 Å². The molecule has 31 heavy (non-hydrogen) atoms. The lowest BCUT2D eigenvalue weighted by molar-refractivity contribution is -0.140. The maximum atomic E-state index is 13.2. The number of hydrogen-bond donors (Lipinski definition) is 0. The number of aryl methyl sites for hydroxylation is 3. The first-order valence-corrected chi connectivity index (χ1v) is 11.1. The minimum atomic E-state index is -0.630. The van der Waals surface area contributed by atoms with Crippen LogP contribution in [0.2, 0.25) is 0 Å². The van der Waals surface area contributed by atoms with Gasteiger partial charge in [0.15, 0.2) is 0 Å². The average Bonchev–Trinajstić information content (AvgIpc) is 2.70. The molecule has 2 aromatic rings. The van der Waals surface area contributed by atoms with Gasteiger partial charge in [0.25, 0.3) is 0 Å². The SMILES string of the molecule is Cc1cc(C)c(C2C(=O)CC3(CCN(C(=O)Cc4ccccn4)CC3)CC2=O)c(C)c1. The van der Waals surface area contributed by atoms with Gasteiger partial charge in [-0.3, -0.25) is 19.4 Å². The van der Waals surface area contributed by atoms with Crippen molar-refractivity contribution in [1.29, 1.82) is 0 Å². The molecule has 0 unspecified atom stereocenters. The first kappa shape index (κ1) is 21.4. The molecule has 5 nitrogen and oxygen atoms in total. The average molecular weight is 419 g/mol. The van der Waals surface area contributed by atoms with E-state index in [1.54, 1.807) is 6.20 Å². The Bertz CT molecular complexity index is 977. The van der Waals surface area contributed by atoms with E-state index in [2.05, 4.69) is 17.1 Å². The summed E-state index contributed by atoms with van der Waals surface area (Å²) in [5, 5.41) is 0. The third-order valence-electron chi connectivity index (χ3n) is 7.00. The van der Waals surface area contributed by atoms with Gasteiger partial charge in [0.1, 0.15) is 17.5 Å². The molecule has 1 amide bonds. The summed E-state index contributed by atoms with van der Waals surface area (Å²) in [6.45, 7) is 7.21. The highest BCUT2D eigenvalue weighted by Crippen LogP contribution is 2.46. The lowest BCUT2D eigenvalue weighted by Gasteiger charge is -2.44. The van der Waals surface area contributed by atoms with Gasteiger partial charge in [0.05, 0.1) is 6.42 Å². The number of likely N-dealkylation sites (tertiary alicyclic amines) is 1. The van der Waals surface area contributed by atoms with Crippen LogP contribution in [0.25, 0.3) is 0 Å². The van der Waals surface area contributed by atoms with E-state index in [0.717, 1.165) is 27.9 Å². The number of benzene rings is 1. The molecule has 1 aromatic heterocycles. The lowest BCUT2D eigenvalue weighted by Crippen LogP contribution is -2.48. The molecule has 0 radical (unpaired) electrons. The van der Waals surface area contributed by atoms with Crippen LogP contribution in [0, 0.1) is 26.2 Å². The number of rotatable bonds is 3. The van der Waals surface area contributed by atoms with Crippen molar-refractivity contribution in [2.75, 3.05) is 13.1 Å². The number of aromatic nitrogens is 1. The molecule has 4 rings (SSSR count). The zero-order valence-electron chi connectivity index (χ0n) is 18.6. The molecule has 1 saturated heterocycles. The molecule has 0 bridgehead atoms. The molecule has 1 aliphatic carbocycles. The number of pyridine rings is 1. The van der Waals surface area contributed by atoms with Crippen molar-refractivity contribution in [3.05, 3.63) is 64.5 Å². The maximum absolute atomic E-state index is 13.2. The van der Waals surface area contributed by atoms with Crippen LogP contribution >= 0.6 is 0 Å². The van der Waals surface area contributed by atoms with Gasteiger partial charge in [-0.05, 0) is 67.9 Å². The Balaban J connectivity index is 1.43. The van der Waals surface area contributed by atoms with Crippen LogP contribution < -0.4 is 0 Å². The highest BCUT2D eigenvalue weighted by molar-refractivity contribution is 6.10. The van der Waals surface area contributed by atoms with E-state index in [4.69, 9.17) is 0 Å². The van der Waals surface area contributed by atoms with E-state index < -0.39 is 5.92 Å². The topological polar surface area (TPSA) is 67.3 Å². The summed E-state index contributed by atoms with van der Waals surface area (Å²) in [5.41, 5.74) is 4.57. The third-order valence-corrected chi connectivity index (χ3v) is 7.00. The second kappa shape index (κ2) is 8.37. The number of amides is 1. The fourth-order valence-corrected chi connectivity index (χ4v) is 5.51. The Kier molecular flexibility index (Phi) is 5.78. The molecule has 2 aliphatic rings. The smallest absolute Gasteiger partial charge is 0.228 e. The molecule has 5 heteroatoms. The number of ketones is 2. The normalized spacial score (nSPS) is 19.1. The van der Waals surface area contributed by atoms with Crippen LogP contribution in [0.5, 0.6) is 0 Å².